The molecule has 0 bridgehead atoms. The topological polar surface area (TPSA) is 67.7 Å². The average Bonchev–Trinajstić information content (AvgIpc) is 3.19. The third kappa shape index (κ3) is 2.59. The Hall–Kier alpha value is -2.11. The van der Waals surface area contributed by atoms with E-state index in [0.29, 0.717) is 5.92 Å². The molecule has 6 nitrogen and oxygen atoms in total. The van der Waals surface area contributed by atoms with E-state index in [1.807, 2.05) is 26.2 Å². The van der Waals surface area contributed by atoms with Gasteiger partial charge in [-0.25, -0.2) is 9.97 Å². The molecule has 0 saturated heterocycles. The van der Waals surface area contributed by atoms with Crippen molar-refractivity contribution in [2.75, 3.05) is 17.2 Å². The largest absolute Gasteiger partial charge is 0.370 e. The second-order valence-corrected chi connectivity index (χ2v) is 5.21. The lowest BCUT2D eigenvalue weighted by Crippen LogP contribution is -2.09. The van der Waals surface area contributed by atoms with Gasteiger partial charge in [0.1, 0.15) is 17.5 Å². The third-order valence-corrected chi connectivity index (χ3v) is 3.41. The van der Waals surface area contributed by atoms with Gasteiger partial charge in [-0.15, -0.1) is 0 Å². The van der Waals surface area contributed by atoms with Crippen LogP contribution in [0.4, 0.5) is 17.5 Å². The Morgan fingerprint density at radius 1 is 1.30 bits per heavy atom. The highest BCUT2D eigenvalue weighted by molar-refractivity contribution is 5.62. The predicted molar refractivity (Wildman–Crippen MR) is 79.4 cm³/mol. The Morgan fingerprint density at radius 3 is 2.65 bits per heavy atom. The van der Waals surface area contributed by atoms with Gasteiger partial charge in [-0.2, -0.15) is 5.10 Å². The van der Waals surface area contributed by atoms with Crippen LogP contribution >= 0.6 is 0 Å². The van der Waals surface area contributed by atoms with E-state index in [4.69, 9.17) is 0 Å². The molecule has 0 radical (unpaired) electrons. The van der Waals surface area contributed by atoms with Crippen molar-refractivity contribution in [1.82, 2.24) is 19.7 Å². The Balaban J connectivity index is 1.94. The smallest absolute Gasteiger partial charge is 0.153 e. The molecule has 0 unspecified atom stereocenters. The molecule has 2 N–H and O–H groups in total. The summed E-state index contributed by atoms with van der Waals surface area (Å²) in [5.41, 5.74) is 1.03. The number of aryl methyl sites for hydroxylation is 1. The second-order valence-electron chi connectivity index (χ2n) is 5.21. The molecule has 3 rings (SSSR count). The van der Waals surface area contributed by atoms with Crippen molar-refractivity contribution in [2.24, 2.45) is 7.05 Å². The summed E-state index contributed by atoms with van der Waals surface area (Å²) >= 11 is 0. The van der Waals surface area contributed by atoms with Gasteiger partial charge in [0, 0.05) is 37.3 Å². The summed E-state index contributed by atoms with van der Waals surface area (Å²) in [7, 11) is 1.90. The normalized spacial score (nSPS) is 14.3. The van der Waals surface area contributed by atoms with Gasteiger partial charge in [-0.05, 0) is 26.7 Å². The standard InChI is InChI=1S/C14H20N6/c1-4-15-12-9(2)13(16-11-7-8-20(3)19-11)18-14(17-12)10-5-6-10/h7-8,10H,4-6H2,1-3H3,(H2,15,16,17,18,19). The lowest BCUT2D eigenvalue weighted by Gasteiger charge is -2.13. The molecule has 1 saturated carbocycles. The van der Waals surface area contributed by atoms with Crippen LogP contribution in [0.15, 0.2) is 12.3 Å². The zero-order valence-corrected chi connectivity index (χ0v) is 12.1. The summed E-state index contributed by atoms with van der Waals surface area (Å²) in [6.07, 6.45) is 4.29. The summed E-state index contributed by atoms with van der Waals surface area (Å²) in [6.45, 7) is 4.95. The highest BCUT2D eigenvalue weighted by atomic mass is 15.3. The molecule has 0 aromatic carbocycles. The lowest BCUT2D eigenvalue weighted by atomic mass is 10.2. The van der Waals surface area contributed by atoms with E-state index in [2.05, 4.69) is 32.6 Å². The monoisotopic (exact) mass is 272 g/mol. The van der Waals surface area contributed by atoms with Crippen molar-refractivity contribution in [3.8, 4) is 0 Å². The first-order valence-electron chi connectivity index (χ1n) is 7.06. The average molecular weight is 272 g/mol. The highest BCUT2D eigenvalue weighted by Crippen LogP contribution is 2.39. The molecule has 20 heavy (non-hydrogen) atoms. The molecule has 2 aromatic rings. The molecule has 0 spiro atoms. The molecule has 2 heterocycles. The molecule has 1 aliphatic rings. The Morgan fingerprint density at radius 2 is 2.05 bits per heavy atom. The zero-order valence-electron chi connectivity index (χ0n) is 12.1. The van der Waals surface area contributed by atoms with Gasteiger partial charge in [-0.3, -0.25) is 4.68 Å². The number of hydrogen-bond donors (Lipinski definition) is 2. The van der Waals surface area contributed by atoms with E-state index in [1.165, 1.54) is 12.8 Å². The fourth-order valence-corrected chi connectivity index (χ4v) is 2.12. The highest BCUT2D eigenvalue weighted by Gasteiger charge is 2.28. The van der Waals surface area contributed by atoms with Crippen LogP contribution in [0.1, 0.15) is 37.1 Å². The zero-order chi connectivity index (χ0) is 14.1. The summed E-state index contributed by atoms with van der Waals surface area (Å²) in [5, 5.41) is 10.9. The maximum Gasteiger partial charge on any atom is 0.153 e. The number of anilines is 3. The van der Waals surface area contributed by atoms with E-state index >= 15 is 0 Å². The molecule has 1 fully saturated rings. The van der Waals surface area contributed by atoms with Crippen LogP contribution < -0.4 is 10.6 Å². The van der Waals surface area contributed by atoms with Gasteiger partial charge in [0.15, 0.2) is 5.82 Å². The Bertz CT molecular complexity index is 614. The molecule has 0 aliphatic heterocycles. The van der Waals surface area contributed by atoms with E-state index < -0.39 is 0 Å². The second kappa shape index (κ2) is 5.11. The van der Waals surface area contributed by atoms with E-state index in [1.54, 1.807) is 4.68 Å². The first-order chi connectivity index (χ1) is 9.67. The summed E-state index contributed by atoms with van der Waals surface area (Å²) in [6, 6.07) is 1.94. The predicted octanol–water partition coefficient (Wildman–Crippen LogP) is 2.57. The number of nitrogens with one attached hydrogen (secondary N) is 2. The first-order valence-corrected chi connectivity index (χ1v) is 7.06. The van der Waals surface area contributed by atoms with Gasteiger partial charge in [-0.1, -0.05) is 0 Å². The molecule has 106 valence electrons. The molecule has 2 aromatic heterocycles. The van der Waals surface area contributed by atoms with Crippen molar-refractivity contribution >= 4 is 17.5 Å². The maximum absolute atomic E-state index is 4.67. The van der Waals surface area contributed by atoms with Crippen molar-refractivity contribution in [3.05, 3.63) is 23.7 Å². The molecule has 6 heteroatoms. The third-order valence-electron chi connectivity index (χ3n) is 3.41. The van der Waals surface area contributed by atoms with Crippen LogP contribution in [0, 0.1) is 6.92 Å². The van der Waals surface area contributed by atoms with Gasteiger partial charge in [0.25, 0.3) is 0 Å². The minimum atomic E-state index is 0.525. The molecular formula is C14H20N6. The van der Waals surface area contributed by atoms with Gasteiger partial charge in [0.2, 0.25) is 0 Å². The Labute approximate surface area is 118 Å². The van der Waals surface area contributed by atoms with Crippen molar-refractivity contribution in [2.45, 2.75) is 32.6 Å². The molecular weight excluding hydrogens is 252 g/mol. The molecule has 1 aliphatic carbocycles. The van der Waals surface area contributed by atoms with Gasteiger partial charge in [0.05, 0.1) is 0 Å². The van der Waals surface area contributed by atoms with Crippen molar-refractivity contribution < 1.29 is 0 Å². The lowest BCUT2D eigenvalue weighted by molar-refractivity contribution is 0.770. The van der Waals surface area contributed by atoms with Crippen LogP contribution in [-0.2, 0) is 7.05 Å². The van der Waals surface area contributed by atoms with Crippen LogP contribution in [0.5, 0.6) is 0 Å². The SMILES string of the molecule is CCNc1nc(C2CC2)nc(Nc2ccn(C)n2)c1C. The quantitative estimate of drug-likeness (QED) is 0.875. The fraction of sp³-hybridized carbons (Fsp3) is 0.500. The number of rotatable bonds is 5. The molecule has 0 amide bonds. The van der Waals surface area contributed by atoms with Gasteiger partial charge < -0.3 is 10.6 Å². The van der Waals surface area contributed by atoms with Crippen LogP contribution in [0.25, 0.3) is 0 Å². The van der Waals surface area contributed by atoms with Crippen LogP contribution in [0.3, 0.4) is 0 Å². The number of hydrogen-bond acceptors (Lipinski definition) is 5. The van der Waals surface area contributed by atoms with Crippen molar-refractivity contribution in [1.29, 1.82) is 0 Å². The van der Waals surface area contributed by atoms with E-state index in [0.717, 1.165) is 35.4 Å². The Kier molecular flexibility index (Phi) is 3.30. The first kappa shape index (κ1) is 12.9. The van der Waals surface area contributed by atoms with E-state index in [9.17, 15) is 0 Å². The van der Waals surface area contributed by atoms with Gasteiger partial charge >= 0.3 is 0 Å². The maximum atomic E-state index is 4.67. The summed E-state index contributed by atoms with van der Waals surface area (Å²) in [5.74, 6) is 4.03. The minimum absolute atomic E-state index is 0.525. The van der Waals surface area contributed by atoms with Crippen LogP contribution in [0.2, 0.25) is 0 Å². The fourth-order valence-electron chi connectivity index (χ4n) is 2.12. The minimum Gasteiger partial charge on any atom is -0.370 e. The summed E-state index contributed by atoms with van der Waals surface area (Å²) in [4.78, 5) is 9.31. The number of nitrogens with zero attached hydrogens (tertiary/aromatic N) is 4. The summed E-state index contributed by atoms with van der Waals surface area (Å²) < 4.78 is 1.77. The molecule has 0 atom stereocenters. The number of aromatic nitrogens is 4. The van der Waals surface area contributed by atoms with E-state index in [-0.39, 0.29) is 0 Å². The van der Waals surface area contributed by atoms with Crippen molar-refractivity contribution in [3.63, 3.8) is 0 Å². The van der Waals surface area contributed by atoms with Crippen LogP contribution in [-0.4, -0.2) is 26.3 Å².